The molecule has 0 unspecified atom stereocenters. The molecule has 0 radical (unpaired) electrons. The van der Waals surface area contributed by atoms with Gasteiger partial charge in [-0.25, -0.2) is 4.39 Å². The molecule has 1 aliphatic heterocycles. The number of hydrogen-bond acceptors (Lipinski definition) is 2. The van der Waals surface area contributed by atoms with Crippen molar-refractivity contribution in [2.24, 2.45) is 10.9 Å². The average molecular weight is 474 g/mol. The van der Waals surface area contributed by atoms with E-state index >= 15 is 0 Å². The van der Waals surface area contributed by atoms with Crippen LogP contribution in [0.2, 0.25) is 0 Å². The van der Waals surface area contributed by atoms with E-state index in [2.05, 4.69) is 20.5 Å². The van der Waals surface area contributed by atoms with Gasteiger partial charge in [0, 0.05) is 39.3 Å². The van der Waals surface area contributed by atoms with Gasteiger partial charge in [-0.3, -0.25) is 9.89 Å². The van der Waals surface area contributed by atoms with Crippen molar-refractivity contribution in [1.29, 1.82) is 0 Å². The van der Waals surface area contributed by atoms with E-state index in [0.29, 0.717) is 6.04 Å². The largest absolute Gasteiger partial charge is 0.356 e. The summed E-state index contributed by atoms with van der Waals surface area (Å²) in [5.41, 5.74) is 1.18. The first kappa shape index (κ1) is 21.4. The van der Waals surface area contributed by atoms with Crippen molar-refractivity contribution in [2.45, 2.75) is 51.1 Å². The molecule has 6 heteroatoms. The molecule has 4 nitrogen and oxygen atoms in total. The first-order valence-electron chi connectivity index (χ1n) is 9.67. The standard InChI is InChI=1S/C20H31FN4.HI/c1-22-20(23-12-2-3-16-4-5-16)24-19-10-13-25(14-11-19)15-17-6-8-18(21)9-7-17;/h6-9,16,19H,2-5,10-15H2,1H3,(H2,22,23,24);1H. The van der Waals surface area contributed by atoms with Crippen molar-refractivity contribution in [3.05, 3.63) is 35.6 Å². The van der Waals surface area contributed by atoms with Gasteiger partial charge in [0.1, 0.15) is 5.82 Å². The lowest BCUT2D eigenvalue weighted by Gasteiger charge is -2.33. The highest BCUT2D eigenvalue weighted by Gasteiger charge is 2.21. The molecule has 3 rings (SSSR count). The second-order valence-corrected chi connectivity index (χ2v) is 7.41. The lowest BCUT2D eigenvalue weighted by Crippen LogP contribution is -2.48. The Morgan fingerprint density at radius 3 is 2.46 bits per heavy atom. The maximum absolute atomic E-state index is 13.0. The Labute approximate surface area is 174 Å². The normalized spacial score (nSPS) is 19.1. The molecule has 146 valence electrons. The molecule has 1 aromatic rings. The molecule has 1 heterocycles. The molecule has 1 aliphatic carbocycles. The predicted molar refractivity (Wildman–Crippen MR) is 117 cm³/mol. The van der Waals surface area contributed by atoms with Gasteiger partial charge in [0.05, 0.1) is 0 Å². The number of likely N-dealkylation sites (tertiary alicyclic amines) is 1. The molecule has 0 aromatic heterocycles. The van der Waals surface area contributed by atoms with Crippen LogP contribution in [0.4, 0.5) is 4.39 Å². The Balaban J connectivity index is 0.00000243. The summed E-state index contributed by atoms with van der Waals surface area (Å²) >= 11 is 0. The average Bonchev–Trinajstić information content (AvgIpc) is 3.45. The van der Waals surface area contributed by atoms with E-state index < -0.39 is 0 Å². The molecule has 1 aromatic carbocycles. The molecule has 2 N–H and O–H groups in total. The van der Waals surface area contributed by atoms with Crippen molar-refractivity contribution >= 4 is 29.9 Å². The van der Waals surface area contributed by atoms with Crippen LogP contribution in [0.25, 0.3) is 0 Å². The van der Waals surface area contributed by atoms with Gasteiger partial charge >= 0.3 is 0 Å². The minimum Gasteiger partial charge on any atom is -0.356 e. The first-order valence-corrected chi connectivity index (χ1v) is 9.67. The Morgan fingerprint density at radius 2 is 1.85 bits per heavy atom. The summed E-state index contributed by atoms with van der Waals surface area (Å²) in [4.78, 5) is 6.80. The molecule has 26 heavy (non-hydrogen) atoms. The Kier molecular flexibility index (Phi) is 9.11. The maximum Gasteiger partial charge on any atom is 0.191 e. The summed E-state index contributed by atoms with van der Waals surface area (Å²) in [6.07, 6.45) is 7.69. The van der Waals surface area contributed by atoms with Crippen LogP contribution in [-0.2, 0) is 6.54 Å². The SMILES string of the molecule is CN=C(NCCCC1CC1)NC1CCN(Cc2ccc(F)cc2)CC1.I. The zero-order chi connectivity index (χ0) is 17.5. The number of halogens is 2. The Hall–Kier alpha value is -0.890. The molecule has 1 saturated carbocycles. The van der Waals surface area contributed by atoms with E-state index in [1.54, 1.807) is 12.1 Å². The van der Waals surface area contributed by atoms with E-state index in [-0.39, 0.29) is 29.8 Å². The summed E-state index contributed by atoms with van der Waals surface area (Å²) in [6.45, 7) is 4.04. The molecule has 0 spiro atoms. The van der Waals surface area contributed by atoms with Gasteiger partial charge in [0.15, 0.2) is 5.96 Å². The third kappa shape index (κ3) is 7.39. The van der Waals surface area contributed by atoms with Gasteiger partial charge < -0.3 is 10.6 Å². The quantitative estimate of drug-likeness (QED) is 0.274. The number of nitrogens with zero attached hydrogens (tertiary/aromatic N) is 2. The number of rotatable bonds is 7. The summed E-state index contributed by atoms with van der Waals surface area (Å²) in [6, 6.07) is 7.34. The summed E-state index contributed by atoms with van der Waals surface area (Å²) < 4.78 is 13.0. The Morgan fingerprint density at radius 1 is 1.15 bits per heavy atom. The van der Waals surface area contributed by atoms with Crippen molar-refractivity contribution < 1.29 is 4.39 Å². The summed E-state index contributed by atoms with van der Waals surface area (Å²) in [7, 11) is 1.85. The monoisotopic (exact) mass is 474 g/mol. The molecule has 0 bridgehead atoms. The van der Waals surface area contributed by atoms with E-state index in [4.69, 9.17) is 0 Å². The third-order valence-corrected chi connectivity index (χ3v) is 5.25. The zero-order valence-corrected chi connectivity index (χ0v) is 18.0. The summed E-state index contributed by atoms with van der Waals surface area (Å²) in [5, 5.41) is 7.01. The van der Waals surface area contributed by atoms with Gasteiger partial charge in [0.25, 0.3) is 0 Å². The van der Waals surface area contributed by atoms with Crippen molar-refractivity contribution in [1.82, 2.24) is 15.5 Å². The molecule has 1 saturated heterocycles. The molecular formula is C20H32FIN4. The van der Waals surface area contributed by atoms with E-state index in [1.165, 1.54) is 31.2 Å². The highest BCUT2D eigenvalue weighted by atomic mass is 127. The highest BCUT2D eigenvalue weighted by Crippen LogP contribution is 2.33. The number of piperidine rings is 1. The predicted octanol–water partition coefficient (Wildman–Crippen LogP) is 3.76. The maximum atomic E-state index is 13.0. The summed E-state index contributed by atoms with van der Waals surface area (Å²) in [5.74, 6) is 1.78. The van der Waals surface area contributed by atoms with Crippen LogP contribution in [0.15, 0.2) is 29.3 Å². The number of aliphatic imine (C=N–C) groups is 1. The fourth-order valence-corrected chi connectivity index (χ4v) is 3.48. The molecular weight excluding hydrogens is 442 g/mol. The van der Waals surface area contributed by atoms with Gasteiger partial charge in [-0.15, -0.1) is 24.0 Å². The fraction of sp³-hybridized carbons (Fsp3) is 0.650. The fourth-order valence-electron chi connectivity index (χ4n) is 3.48. The van der Waals surface area contributed by atoms with Crippen molar-refractivity contribution in [3.8, 4) is 0 Å². The van der Waals surface area contributed by atoms with Gasteiger partial charge in [-0.05, 0) is 49.3 Å². The van der Waals surface area contributed by atoms with Crippen molar-refractivity contribution in [2.75, 3.05) is 26.7 Å². The molecule has 0 atom stereocenters. The second-order valence-electron chi connectivity index (χ2n) is 7.41. The van der Waals surface area contributed by atoms with Crippen LogP contribution in [0.5, 0.6) is 0 Å². The van der Waals surface area contributed by atoms with Crippen LogP contribution in [-0.4, -0.2) is 43.6 Å². The first-order chi connectivity index (χ1) is 12.2. The minimum absolute atomic E-state index is 0. The lowest BCUT2D eigenvalue weighted by atomic mass is 10.0. The number of guanidine groups is 1. The Bertz CT molecular complexity index is 551. The van der Waals surface area contributed by atoms with Gasteiger partial charge in [0.2, 0.25) is 0 Å². The van der Waals surface area contributed by atoms with Crippen LogP contribution < -0.4 is 10.6 Å². The number of benzene rings is 1. The van der Waals surface area contributed by atoms with E-state index in [0.717, 1.165) is 50.9 Å². The van der Waals surface area contributed by atoms with Crippen LogP contribution in [0, 0.1) is 11.7 Å². The number of hydrogen-bond donors (Lipinski definition) is 2. The molecule has 2 aliphatic rings. The van der Waals surface area contributed by atoms with E-state index in [9.17, 15) is 4.39 Å². The molecule has 0 amide bonds. The van der Waals surface area contributed by atoms with Crippen molar-refractivity contribution in [3.63, 3.8) is 0 Å². The lowest BCUT2D eigenvalue weighted by molar-refractivity contribution is 0.198. The van der Waals surface area contributed by atoms with Gasteiger partial charge in [-0.2, -0.15) is 0 Å². The second kappa shape index (κ2) is 11.1. The van der Waals surface area contributed by atoms with Gasteiger partial charge in [-0.1, -0.05) is 25.0 Å². The molecule has 2 fully saturated rings. The third-order valence-electron chi connectivity index (χ3n) is 5.25. The topological polar surface area (TPSA) is 39.7 Å². The van der Waals surface area contributed by atoms with Crippen LogP contribution in [0.1, 0.15) is 44.1 Å². The van der Waals surface area contributed by atoms with E-state index in [1.807, 2.05) is 19.2 Å². The van der Waals surface area contributed by atoms with Crippen LogP contribution in [0.3, 0.4) is 0 Å². The van der Waals surface area contributed by atoms with Crippen LogP contribution >= 0.6 is 24.0 Å². The highest BCUT2D eigenvalue weighted by molar-refractivity contribution is 14.0. The smallest absolute Gasteiger partial charge is 0.191 e. The zero-order valence-electron chi connectivity index (χ0n) is 15.7. The minimum atomic E-state index is -0.164. The number of nitrogens with one attached hydrogen (secondary N) is 2.